The third-order valence-electron chi connectivity index (χ3n) is 2.75. The van der Waals surface area contributed by atoms with Crippen LogP contribution in [0.4, 0.5) is 0 Å². The molecule has 0 fully saturated rings. The summed E-state index contributed by atoms with van der Waals surface area (Å²) in [6.45, 7) is 3.61. The van der Waals surface area contributed by atoms with Gasteiger partial charge in [0.2, 0.25) is 0 Å². The van der Waals surface area contributed by atoms with Crippen LogP contribution in [0, 0.1) is 0 Å². The Balaban J connectivity index is 1.92. The highest BCUT2D eigenvalue weighted by molar-refractivity contribution is 5.19. The van der Waals surface area contributed by atoms with Gasteiger partial charge in [0, 0.05) is 19.8 Å². The zero-order valence-electron chi connectivity index (χ0n) is 10.2. The lowest BCUT2D eigenvalue weighted by Crippen LogP contribution is -2.17. The number of hydrogen-bond donors (Lipinski definition) is 1. The molecule has 0 radical (unpaired) electrons. The Kier molecular flexibility index (Phi) is 3.82. The molecule has 1 N–H and O–H groups in total. The summed E-state index contributed by atoms with van der Waals surface area (Å²) in [5.41, 5.74) is 2.40. The van der Waals surface area contributed by atoms with Crippen molar-refractivity contribution in [2.45, 2.75) is 26.4 Å². The fourth-order valence-electron chi connectivity index (χ4n) is 1.71. The van der Waals surface area contributed by atoms with Gasteiger partial charge in [0.15, 0.2) is 0 Å². The molecule has 0 atom stereocenters. The predicted octanol–water partition coefficient (Wildman–Crippen LogP) is 1.06. The first-order valence-corrected chi connectivity index (χ1v) is 5.77. The largest absolute Gasteiger partial charge is 0.320 e. The van der Waals surface area contributed by atoms with E-state index < -0.39 is 0 Å². The highest BCUT2D eigenvalue weighted by Crippen LogP contribution is 2.05. The van der Waals surface area contributed by atoms with Crippen LogP contribution in [0.15, 0.2) is 24.7 Å². The molecule has 0 saturated heterocycles. The molecule has 0 amide bonds. The van der Waals surface area contributed by atoms with Gasteiger partial charge in [-0.1, -0.05) is 13.0 Å². The van der Waals surface area contributed by atoms with Crippen molar-refractivity contribution in [2.75, 3.05) is 0 Å². The van der Waals surface area contributed by atoms with Gasteiger partial charge in [0.05, 0.1) is 12.2 Å². The quantitative estimate of drug-likeness (QED) is 0.836. The van der Waals surface area contributed by atoms with Crippen molar-refractivity contribution in [1.82, 2.24) is 25.1 Å². The molecule has 2 rings (SSSR count). The molecule has 2 heterocycles. The average Bonchev–Trinajstić information content (AvgIpc) is 2.76. The summed E-state index contributed by atoms with van der Waals surface area (Å²) in [5.74, 6) is 0.930. The van der Waals surface area contributed by atoms with E-state index in [1.54, 1.807) is 6.33 Å². The monoisotopic (exact) mass is 231 g/mol. The van der Waals surface area contributed by atoms with E-state index in [0.717, 1.165) is 24.5 Å². The summed E-state index contributed by atoms with van der Waals surface area (Å²) in [4.78, 5) is 4.39. The highest BCUT2D eigenvalue weighted by atomic mass is 15.3. The fraction of sp³-hybridized carbons (Fsp3) is 0.417. The summed E-state index contributed by atoms with van der Waals surface area (Å²) in [6.07, 6.45) is 4.54. The Morgan fingerprint density at radius 1 is 1.35 bits per heavy atom. The Morgan fingerprint density at radius 3 is 2.94 bits per heavy atom. The fourth-order valence-corrected chi connectivity index (χ4v) is 1.71. The second-order valence-corrected chi connectivity index (χ2v) is 3.92. The molecule has 0 saturated carbocycles. The van der Waals surface area contributed by atoms with Crippen LogP contribution in [-0.4, -0.2) is 19.7 Å². The molecule has 2 aromatic heterocycles. The number of pyridine rings is 1. The lowest BCUT2D eigenvalue weighted by Gasteiger charge is -2.07. The van der Waals surface area contributed by atoms with Crippen molar-refractivity contribution < 1.29 is 0 Å². The Hall–Kier alpha value is -1.75. The van der Waals surface area contributed by atoms with Crippen molar-refractivity contribution in [2.24, 2.45) is 7.05 Å². The van der Waals surface area contributed by atoms with Crippen molar-refractivity contribution in [3.63, 3.8) is 0 Å². The summed E-state index contributed by atoms with van der Waals surface area (Å²) < 4.78 is 1.91. The van der Waals surface area contributed by atoms with E-state index in [9.17, 15) is 0 Å². The Bertz CT molecular complexity index is 477. The van der Waals surface area contributed by atoms with Crippen LogP contribution in [0.5, 0.6) is 0 Å². The highest BCUT2D eigenvalue weighted by Gasteiger charge is 2.03. The molecule has 17 heavy (non-hydrogen) atoms. The number of aromatic nitrogens is 4. The van der Waals surface area contributed by atoms with E-state index in [-0.39, 0.29) is 0 Å². The first-order chi connectivity index (χ1) is 8.31. The van der Waals surface area contributed by atoms with Gasteiger partial charge in [-0.2, -0.15) is 0 Å². The Labute approximate surface area is 101 Å². The maximum absolute atomic E-state index is 4.39. The molecule has 0 aliphatic carbocycles. The first-order valence-electron chi connectivity index (χ1n) is 5.77. The summed E-state index contributed by atoms with van der Waals surface area (Å²) >= 11 is 0. The minimum atomic E-state index is 0.705. The average molecular weight is 231 g/mol. The topological polar surface area (TPSA) is 55.6 Å². The minimum Gasteiger partial charge on any atom is -0.320 e. The molecule has 0 spiro atoms. The smallest absolute Gasteiger partial charge is 0.146 e. The van der Waals surface area contributed by atoms with Crippen molar-refractivity contribution in [3.8, 4) is 0 Å². The minimum absolute atomic E-state index is 0.705. The van der Waals surface area contributed by atoms with Crippen molar-refractivity contribution >= 4 is 0 Å². The number of hydrogen-bond acceptors (Lipinski definition) is 4. The van der Waals surface area contributed by atoms with E-state index in [1.165, 1.54) is 5.56 Å². The van der Waals surface area contributed by atoms with Crippen molar-refractivity contribution in [3.05, 3.63) is 41.7 Å². The lowest BCUT2D eigenvalue weighted by atomic mass is 10.1. The van der Waals surface area contributed by atoms with E-state index in [1.807, 2.05) is 23.9 Å². The summed E-state index contributed by atoms with van der Waals surface area (Å²) in [6, 6.07) is 4.09. The van der Waals surface area contributed by atoms with Crippen LogP contribution in [-0.2, 0) is 26.6 Å². The molecule has 2 aromatic rings. The second-order valence-electron chi connectivity index (χ2n) is 3.92. The third-order valence-corrected chi connectivity index (χ3v) is 2.75. The molecule has 0 aliphatic rings. The van der Waals surface area contributed by atoms with Gasteiger partial charge in [-0.05, 0) is 18.1 Å². The van der Waals surface area contributed by atoms with Gasteiger partial charge in [0.25, 0.3) is 0 Å². The van der Waals surface area contributed by atoms with Gasteiger partial charge in [0.1, 0.15) is 12.2 Å². The molecule has 0 bridgehead atoms. The van der Waals surface area contributed by atoms with E-state index in [4.69, 9.17) is 0 Å². The third kappa shape index (κ3) is 2.88. The lowest BCUT2D eigenvalue weighted by molar-refractivity contribution is 0.625. The van der Waals surface area contributed by atoms with Gasteiger partial charge >= 0.3 is 0 Å². The number of nitrogens with one attached hydrogen (secondary N) is 1. The van der Waals surface area contributed by atoms with Gasteiger partial charge in [-0.3, -0.25) is 4.98 Å². The van der Waals surface area contributed by atoms with Crippen LogP contribution in [0.2, 0.25) is 0 Å². The molecule has 0 unspecified atom stereocenters. The molecular formula is C12H17N5. The van der Waals surface area contributed by atoms with Gasteiger partial charge in [-0.25, -0.2) is 0 Å². The van der Waals surface area contributed by atoms with Gasteiger partial charge in [-0.15, -0.1) is 10.2 Å². The zero-order valence-corrected chi connectivity index (χ0v) is 10.2. The molecule has 0 aliphatic heterocycles. The maximum Gasteiger partial charge on any atom is 0.146 e. The van der Waals surface area contributed by atoms with Crippen LogP contribution in [0.3, 0.4) is 0 Å². The van der Waals surface area contributed by atoms with Crippen LogP contribution < -0.4 is 5.32 Å². The molecule has 90 valence electrons. The molecule has 5 heteroatoms. The standard InChI is InChI=1S/C12H17N5/c1-3-10-5-4-6-14-11(10)7-13-8-12-16-15-9-17(12)2/h4-6,9,13H,3,7-8H2,1-2H3. The molecule has 0 aromatic carbocycles. The SMILES string of the molecule is CCc1cccnc1CNCc1nncn1C. The van der Waals surface area contributed by atoms with Crippen molar-refractivity contribution in [1.29, 1.82) is 0 Å². The maximum atomic E-state index is 4.39. The van der Waals surface area contributed by atoms with Gasteiger partial charge < -0.3 is 9.88 Å². The normalized spacial score (nSPS) is 10.7. The number of rotatable bonds is 5. The zero-order chi connectivity index (χ0) is 12.1. The van der Waals surface area contributed by atoms with Crippen LogP contribution in [0.1, 0.15) is 24.0 Å². The van der Waals surface area contributed by atoms with E-state index >= 15 is 0 Å². The molecule has 5 nitrogen and oxygen atoms in total. The van der Waals surface area contributed by atoms with Crippen LogP contribution >= 0.6 is 0 Å². The number of nitrogens with zero attached hydrogens (tertiary/aromatic N) is 4. The van der Waals surface area contributed by atoms with Crippen LogP contribution in [0.25, 0.3) is 0 Å². The molecular weight excluding hydrogens is 214 g/mol. The first kappa shape index (κ1) is 11.7. The Morgan fingerprint density at radius 2 is 2.24 bits per heavy atom. The predicted molar refractivity (Wildman–Crippen MR) is 65.2 cm³/mol. The van der Waals surface area contributed by atoms with E-state index in [2.05, 4.69) is 33.5 Å². The summed E-state index contributed by atoms with van der Waals surface area (Å²) in [7, 11) is 1.94. The van der Waals surface area contributed by atoms with E-state index in [0.29, 0.717) is 6.54 Å². The second kappa shape index (κ2) is 5.54. The number of aryl methyl sites for hydroxylation is 2. The summed E-state index contributed by atoms with van der Waals surface area (Å²) in [5, 5.41) is 11.2.